The van der Waals surface area contributed by atoms with Crippen molar-refractivity contribution in [3.63, 3.8) is 0 Å². The number of ether oxygens (including phenoxy) is 1. The zero-order valence-electron chi connectivity index (χ0n) is 14.2. The minimum absolute atomic E-state index is 0.00379. The highest BCUT2D eigenvalue weighted by Crippen LogP contribution is 2.26. The Balaban J connectivity index is 1.89. The van der Waals surface area contributed by atoms with Gasteiger partial charge in [-0.3, -0.25) is 4.79 Å². The molecule has 0 radical (unpaired) electrons. The molecular weight excluding hydrogens is 288 g/mol. The van der Waals surface area contributed by atoms with Gasteiger partial charge in [0, 0.05) is 19.7 Å². The van der Waals surface area contributed by atoms with Crippen LogP contribution in [0.4, 0.5) is 0 Å². The van der Waals surface area contributed by atoms with Crippen molar-refractivity contribution in [2.45, 2.75) is 51.0 Å². The monoisotopic (exact) mass is 318 g/mol. The smallest absolute Gasteiger partial charge is 0.230 e. The first kappa shape index (κ1) is 18.0. The molecule has 1 aromatic rings. The summed E-state index contributed by atoms with van der Waals surface area (Å²) in [6, 6.07) is 10.2. The fourth-order valence-electron chi connectivity index (χ4n) is 3.20. The lowest BCUT2D eigenvalue weighted by molar-refractivity contribution is -0.135. The molecule has 1 saturated heterocycles. The molecular formula is C19H30N2O2. The van der Waals surface area contributed by atoms with E-state index >= 15 is 0 Å². The van der Waals surface area contributed by atoms with Crippen LogP contribution in [0.25, 0.3) is 0 Å². The number of amides is 1. The first-order valence-corrected chi connectivity index (χ1v) is 8.91. The fourth-order valence-corrected chi connectivity index (χ4v) is 3.20. The van der Waals surface area contributed by atoms with Crippen molar-refractivity contribution < 1.29 is 9.53 Å². The van der Waals surface area contributed by atoms with Crippen molar-refractivity contribution in [3.05, 3.63) is 35.9 Å². The molecule has 1 atom stereocenters. The number of carbonyl (C=O) groups excluding carboxylic acids is 1. The second kappa shape index (κ2) is 9.68. The van der Waals surface area contributed by atoms with Crippen molar-refractivity contribution >= 4 is 5.91 Å². The topological polar surface area (TPSA) is 55.6 Å². The Hall–Kier alpha value is -1.39. The molecule has 0 bridgehead atoms. The van der Waals surface area contributed by atoms with Crippen LogP contribution in [0.1, 0.15) is 50.5 Å². The van der Waals surface area contributed by atoms with E-state index in [9.17, 15) is 4.79 Å². The van der Waals surface area contributed by atoms with E-state index in [1.807, 2.05) is 23.1 Å². The third kappa shape index (κ3) is 5.33. The Bertz CT molecular complexity index is 456. The number of benzene rings is 1. The summed E-state index contributed by atoms with van der Waals surface area (Å²) in [4.78, 5) is 14.9. The van der Waals surface area contributed by atoms with E-state index in [2.05, 4.69) is 19.1 Å². The molecule has 0 aliphatic carbocycles. The summed E-state index contributed by atoms with van der Waals surface area (Å²) in [5, 5.41) is 0. The van der Waals surface area contributed by atoms with E-state index in [-0.39, 0.29) is 17.9 Å². The lowest BCUT2D eigenvalue weighted by Crippen LogP contribution is -2.43. The number of nitrogens with zero attached hydrogens (tertiary/aromatic N) is 1. The van der Waals surface area contributed by atoms with E-state index in [4.69, 9.17) is 10.5 Å². The van der Waals surface area contributed by atoms with Crippen LogP contribution in [0, 0.1) is 0 Å². The molecule has 128 valence electrons. The molecule has 23 heavy (non-hydrogen) atoms. The van der Waals surface area contributed by atoms with Gasteiger partial charge in [0.15, 0.2) is 0 Å². The number of rotatable bonds is 8. The molecule has 2 rings (SSSR count). The fraction of sp³-hybridized carbons (Fsp3) is 0.632. The second-order valence-electron chi connectivity index (χ2n) is 6.29. The number of hydrogen-bond donors (Lipinski definition) is 1. The highest BCUT2D eigenvalue weighted by Gasteiger charge is 2.28. The van der Waals surface area contributed by atoms with Crippen LogP contribution in [0.2, 0.25) is 0 Å². The van der Waals surface area contributed by atoms with Gasteiger partial charge >= 0.3 is 0 Å². The predicted octanol–water partition coefficient (Wildman–Crippen LogP) is 2.93. The molecule has 4 heteroatoms. The molecule has 1 unspecified atom stereocenters. The summed E-state index contributed by atoms with van der Waals surface area (Å²) < 4.78 is 5.83. The average molecular weight is 318 g/mol. The van der Waals surface area contributed by atoms with Gasteiger partial charge < -0.3 is 15.4 Å². The van der Waals surface area contributed by atoms with Crippen LogP contribution >= 0.6 is 0 Å². The highest BCUT2D eigenvalue weighted by atomic mass is 16.5. The summed E-state index contributed by atoms with van der Waals surface area (Å²) in [6.07, 6.45) is 4.99. The maximum absolute atomic E-state index is 12.9. The zero-order valence-corrected chi connectivity index (χ0v) is 14.2. The molecule has 0 spiro atoms. The molecule has 4 nitrogen and oxygen atoms in total. The van der Waals surface area contributed by atoms with Gasteiger partial charge in [-0.25, -0.2) is 0 Å². The van der Waals surface area contributed by atoms with Crippen molar-refractivity contribution in [1.29, 1.82) is 0 Å². The summed E-state index contributed by atoms with van der Waals surface area (Å²) in [6.45, 7) is 5.16. The van der Waals surface area contributed by atoms with Crippen molar-refractivity contribution in [3.8, 4) is 0 Å². The van der Waals surface area contributed by atoms with E-state index in [1.54, 1.807) is 0 Å². The largest absolute Gasteiger partial charge is 0.378 e. The molecule has 0 aromatic heterocycles. The maximum Gasteiger partial charge on any atom is 0.230 e. The Morgan fingerprint density at radius 3 is 2.61 bits per heavy atom. The van der Waals surface area contributed by atoms with Gasteiger partial charge in [-0.2, -0.15) is 0 Å². The van der Waals surface area contributed by atoms with Gasteiger partial charge in [0.25, 0.3) is 0 Å². The number of piperidine rings is 1. The van der Waals surface area contributed by atoms with Gasteiger partial charge in [0.1, 0.15) is 0 Å². The Labute approximate surface area is 140 Å². The molecule has 1 aliphatic heterocycles. The maximum atomic E-state index is 12.9. The molecule has 1 aliphatic rings. The minimum Gasteiger partial charge on any atom is -0.378 e. The van der Waals surface area contributed by atoms with E-state index in [0.717, 1.165) is 57.4 Å². The average Bonchev–Trinajstić information content (AvgIpc) is 2.61. The van der Waals surface area contributed by atoms with Crippen molar-refractivity contribution in [2.24, 2.45) is 5.73 Å². The third-order valence-corrected chi connectivity index (χ3v) is 4.53. The highest BCUT2D eigenvalue weighted by molar-refractivity contribution is 5.83. The quantitative estimate of drug-likeness (QED) is 0.750. The van der Waals surface area contributed by atoms with Gasteiger partial charge in [-0.1, -0.05) is 43.7 Å². The molecule has 0 saturated carbocycles. The number of hydrogen-bond acceptors (Lipinski definition) is 3. The van der Waals surface area contributed by atoms with Crippen molar-refractivity contribution in [2.75, 3.05) is 26.2 Å². The predicted molar refractivity (Wildman–Crippen MR) is 93.3 cm³/mol. The number of nitrogens with two attached hydrogens (primary N) is 1. The van der Waals surface area contributed by atoms with Crippen molar-refractivity contribution in [1.82, 2.24) is 4.90 Å². The third-order valence-electron chi connectivity index (χ3n) is 4.53. The Kier molecular flexibility index (Phi) is 7.56. The standard InChI is InChI=1S/C19H30N2O2/c1-2-7-18(16-8-4-3-5-9-16)19(22)21-13-10-17(11-14-21)23-15-6-12-20/h3-5,8-9,17-18H,2,6-7,10-15,20H2,1H3. The van der Waals surface area contributed by atoms with Crippen LogP contribution in [0.3, 0.4) is 0 Å². The van der Waals surface area contributed by atoms with E-state index < -0.39 is 0 Å². The first-order chi connectivity index (χ1) is 11.3. The van der Waals surface area contributed by atoms with Crippen LogP contribution in [-0.2, 0) is 9.53 Å². The summed E-state index contributed by atoms with van der Waals surface area (Å²) in [7, 11) is 0. The van der Waals surface area contributed by atoms with E-state index in [0.29, 0.717) is 6.54 Å². The molecule has 1 aromatic carbocycles. The normalized spacial score (nSPS) is 17.2. The lowest BCUT2D eigenvalue weighted by atomic mass is 9.92. The molecule has 1 heterocycles. The first-order valence-electron chi connectivity index (χ1n) is 8.91. The van der Waals surface area contributed by atoms with Crippen LogP contribution in [0.15, 0.2) is 30.3 Å². The summed E-state index contributed by atoms with van der Waals surface area (Å²) in [5.74, 6) is 0.273. The summed E-state index contributed by atoms with van der Waals surface area (Å²) in [5.41, 5.74) is 6.63. The van der Waals surface area contributed by atoms with E-state index in [1.165, 1.54) is 0 Å². The van der Waals surface area contributed by atoms with Gasteiger partial charge in [0.05, 0.1) is 12.0 Å². The SMILES string of the molecule is CCCC(C(=O)N1CCC(OCCCN)CC1)c1ccccc1. The summed E-state index contributed by atoms with van der Waals surface area (Å²) >= 11 is 0. The minimum atomic E-state index is -0.00379. The number of likely N-dealkylation sites (tertiary alicyclic amines) is 1. The van der Waals surface area contributed by atoms with Gasteiger partial charge in [0.2, 0.25) is 5.91 Å². The van der Waals surface area contributed by atoms with Gasteiger partial charge in [-0.05, 0) is 37.8 Å². The second-order valence-corrected chi connectivity index (χ2v) is 6.29. The van der Waals surface area contributed by atoms with Crippen LogP contribution in [0.5, 0.6) is 0 Å². The van der Waals surface area contributed by atoms with Crippen LogP contribution < -0.4 is 5.73 Å². The number of carbonyl (C=O) groups is 1. The van der Waals surface area contributed by atoms with Gasteiger partial charge in [-0.15, -0.1) is 0 Å². The zero-order chi connectivity index (χ0) is 16.5. The molecule has 1 amide bonds. The van der Waals surface area contributed by atoms with Crippen LogP contribution in [-0.4, -0.2) is 43.2 Å². The Morgan fingerprint density at radius 1 is 1.30 bits per heavy atom. The molecule has 1 fully saturated rings. The molecule has 2 N–H and O–H groups in total. The lowest BCUT2D eigenvalue weighted by Gasteiger charge is -2.34. The Morgan fingerprint density at radius 2 is 2.00 bits per heavy atom.